The Morgan fingerprint density at radius 1 is 0.944 bits per heavy atom. The van der Waals surface area contributed by atoms with Gasteiger partial charge in [0, 0.05) is 48.0 Å². The number of rotatable bonds is 6. The fourth-order valence-corrected chi connectivity index (χ4v) is 4.07. The summed E-state index contributed by atoms with van der Waals surface area (Å²) in [7, 11) is 2.98. The van der Waals surface area contributed by atoms with Gasteiger partial charge < -0.3 is 24.0 Å². The molecule has 9 heteroatoms. The Hall–Kier alpha value is -4.40. The molecule has 4 rings (SSSR count). The molecule has 7 nitrogen and oxygen atoms in total. The second-order valence-corrected chi connectivity index (χ2v) is 8.41. The third kappa shape index (κ3) is 4.59. The first-order chi connectivity index (χ1) is 17.1. The Kier molecular flexibility index (Phi) is 6.65. The van der Waals surface area contributed by atoms with E-state index in [0.717, 1.165) is 17.0 Å². The molecule has 36 heavy (non-hydrogen) atoms. The van der Waals surface area contributed by atoms with Crippen LogP contribution < -0.4 is 19.8 Å². The summed E-state index contributed by atoms with van der Waals surface area (Å²) < 4.78 is 40.2. The van der Waals surface area contributed by atoms with Crippen molar-refractivity contribution in [1.82, 2.24) is 4.57 Å². The Balaban J connectivity index is 2.00. The van der Waals surface area contributed by atoms with Gasteiger partial charge in [-0.2, -0.15) is 0 Å². The number of benzene rings is 3. The molecule has 1 aromatic heterocycles. The van der Waals surface area contributed by atoms with Crippen LogP contribution in [0.2, 0.25) is 0 Å². The topological polar surface area (TPSA) is 81.0 Å². The first kappa shape index (κ1) is 24.7. The fourth-order valence-electron chi connectivity index (χ4n) is 4.07. The van der Waals surface area contributed by atoms with Gasteiger partial charge in [0.15, 0.2) is 0 Å². The predicted molar refractivity (Wildman–Crippen MR) is 133 cm³/mol. The van der Waals surface area contributed by atoms with Gasteiger partial charge in [0.2, 0.25) is 5.43 Å². The second kappa shape index (κ2) is 9.69. The number of carbonyl (C=O) groups excluding carboxylic acids is 1. The molecular formula is C27H24F2N2O5. The molecule has 1 heterocycles. The number of aromatic nitrogens is 1. The second-order valence-electron chi connectivity index (χ2n) is 8.41. The molecule has 1 N–H and O–H groups in total. The van der Waals surface area contributed by atoms with E-state index in [1.54, 1.807) is 36.6 Å². The van der Waals surface area contributed by atoms with Crippen molar-refractivity contribution in [2.75, 3.05) is 19.1 Å². The van der Waals surface area contributed by atoms with Crippen molar-refractivity contribution in [3.8, 4) is 22.9 Å². The number of aromatic hydroxyl groups is 1. The van der Waals surface area contributed by atoms with Crippen molar-refractivity contribution >= 4 is 22.5 Å². The number of methoxy groups -OCH3 is 2. The Labute approximate surface area is 205 Å². The van der Waals surface area contributed by atoms with Crippen LogP contribution in [-0.4, -0.2) is 35.8 Å². The van der Waals surface area contributed by atoms with Crippen LogP contribution in [-0.2, 0) is 0 Å². The maximum absolute atomic E-state index is 14.0. The molecule has 3 aromatic carbocycles. The average Bonchev–Trinajstić information content (AvgIpc) is 2.83. The van der Waals surface area contributed by atoms with Crippen LogP contribution in [0.15, 0.2) is 65.6 Å². The van der Waals surface area contributed by atoms with Gasteiger partial charge in [0.1, 0.15) is 34.4 Å². The van der Waals surface area contributed by atoms with E-state index < -0.39 is 29.0 Å². The molecule has 1 amide bonds. The van der Waals surface area contributed by atoms with Crippen LogP contribution in [0.1, 0.15) is 24.2 Å². The Morgan fingerprint density at radius 3 is 2.11 bits per heavy atom. The molecule has 0 fully saturated rings. The minimum atomic E-state index is -0.849. The summed E-state index contributed by atoms with van der Waals surface area (Å²) in [6, 6.07) is 11.4. The third-order valence-electron chi connectivity index (χ3n) is 5.69. The minimum absolute atomic E-state index is 0.0210. The van der Waals surface area contributed by atoms with Gasteiger partial charge in [-0.3, -0.25) is 9.59 Å². The average molecular weight is 494 g/mol. The number of phenols is 1. The standard InChI is InChI=1S/C27H24F2N2O5/c1-15(2)31(19-8-16(28)7-17(29)9-19)27(34)24-14-30(18-10-21(35-3)13-22(11-18)36-4)25-12-20(32)5-6-23(25)26(24)33/h5-15,32H,1-4H3. The highest BCUT2D eigenvalue weighted by Crippen LogP contribution is 2.29. The molecule has 0 saturated heterocycles. The lowest BCUT2D eigenvalue weighted by molar-refractivity contribution is 0.0979. The van der Waals surface area contributed by atoms with Crippen LogP contribution in [0.5, 0.6) is 17.2 Å². The van der Waals surface area contributed by atoms with Crippen molar-refractivity contribution in [2.24, 2.45) is 0 Å². The van der Waals surface area contributed by atoms with Gasteiger partial charge in [-0.1, -0.05) is 0 Å². The van der Waals surface area contributed by atoms with Crippen molar-refractivity contribution in [3.63, 3.8) is 0 Å². The van der Waals surface area contributed by atoms with Crippen molar-refractivity contribution in [2.45, 2.75) is 19.9 Å². The molecule has 0 atom stereocenters. The largest absolute Gasteiger partial charge is 0.508 e. The van der Waals surface area contributed by atoms with Gasteiger partial charge in [0.05, 0.1) is 31.1 Å². The zero-order valence-electron chi connectivity index (χ0n) is 20.1. The fraction of sp³-hybridized carbons (Fsp3) is 0.185. The number of hydrogen-bond donors (Lipinski definition) is 1. The molecular weight excluding hydrogens is 470 g/mol. The number of hydrogen-bond acceptors (Lipinski definition) is 5. The maximum atomic E-state index is 14.0. The zero-order valence-corrected chi connectivity index (χ0v) is 20.1. The molecule has 4 aromatic rings. The number of anilines is 1. The molecule has 0 aliphatic rings. The van der Waals surface area contributed by atoms with E-state index in [4.69, 9.17) is 9.47 Å². The van der Waals surface area contributed by atoms with Gasteiger partial charge in [-0.15, -0.1) is 0 Å². The molecule has 0 radical (unpaired) electrons. The van der Waals surface area contributed by atoms with E-state index in [1.165, 1.54) is 38.6 Å². The van der Waals surface area contributed by atoms with E-state index in [2.05, 4.69) is 0 Å². The summed E-state index contributed by atoms with van der Waals surface area (Å²) in [4.78, 5) is 28.4. The predicted octanol–water partition coefficient (Wildman–Crippen LogP) is 5.05. The number of fused-ring (bicyclic) bond motifs is 1. The van der Waals surface area contributed by atoms with Crippen LogP contribution in [0.25, 0.3) is 16.6 Å². The Morgan fingerprint density at radius 2 is 1.56 bits per heavy atom. The van der Waals surface area contributed by atoms with Gasteiger partial charge in [0.25, 0.3) is 5.91 Å². The number of halogens is 2. The third-order valence-corrected chi connectivity index (χ3v) is 5.69. The van der Waals surface area contributed by atoms with Crippen LogP contribution in [0.4, 0.5) is 14.5 Å². The molecule has 0 unspecified atom stereocenters. The summed E-state index contributed by atoms with van der Waals surface area (Å²) in [6.07, 6.45) is 1.34. The molecule has 186 valence electrons. The van der Waals surface area contributed by atoms with Crippen molar-refractivity contribution in [1.29, 1.82) is 0 Å². The van der Waals surface area contributed by atoms with Crippen LogP contribution in [0.3, 0.4) is 0 Å². The Bertz CT molecular complexity index is 1490. The number of carbonyl (C=O) groups is 1. The van der Waals surface area contributed by atoms with E-state index in [9.17, 15) is 23.5 Å². The highest BCUT2D eigenvalue weighted by atomic mass is 19.1. The van der Waals surface area contributed by atoms with Gasteiger partial charge in [-0.05, 0) is 38.1 Å². The normalized spacial score (nSPS) is 11.1. The molecule has 0 aliphatic heterocycles. The maximum Gasteiger partial charge on any atom is 0.264 e. The van der Waals surface area contributed by atoms with Crippen LogP contribution >= 0.6 is 0 Å². The summed E-state index contributed by atoms with van der Waals surface area (Å²) in [5.74, 6) is -1.59. The van der Waals surface area contributed by atoms with Crippen molar-refractivity contribution in [3.05, 3.63) is 88.2 Å². The molecule has 0 aliphatic carbocycles. The lowest BCUT2D eigenvalue weighted by atomic mass is 10.1. The smallest absolute Gasteiger partial charge is 0.264 e. The zero-order chi connectivity index (χ0) is 26.1. The van der Waals surface area contributed by atoms with Gasteiger partial charge >= 0.3 is 0 Å². The molecule has 0 bridgehead atoms. The summed E-state index contributed by atoms with van der Waals surface area (Å²) in [5.41, 5.74) is -0.0206. The summed E-state index contributed by atoms with van der Waals surface area (Å²) in [6.45, 7) is 3.34. The van der Waals surface area contributed by atoms with Crippen LogP contribution in [0, 0.1) is 11.6 Å². The van der Waals surface area contributed by atoms with E-state index in [1.807, 2.05) is 0 Å². The summed E-state index contributed by atoms with van der Waals surface area (Å²) in [5, 5.41) is 10.3. The highest BCUT2D eigenvalue weighted by Gasteiger charge is 2.26. The highest BCUT2D eigenvalue weighted by molar-refractivity contribution is 6.08. The van der Waals surface area contributed by atoms with Gasteiger partial charge in [-0.25, -0.2) is 8.78 Å². The molecule has 0 saturated carbocycles. The number of pyridine rings is 1. The number of phenolic OH excluding ortho intramolecular Hbond substituents is 1. The van der Waals surface area contributed by atoms with E-state index >= 15 is 0 Å². The van der Waals surface area contributed by atoms with E-state index in [-0.39, 0.29) is 22.4 Å². The molecule has 0 spiro atoms. The minimum Gasteiger partial charge on any atom is -0.508 e. The number of nitrogens with zero attached hydrogens (tertiary/aromatic N) is 2. The van der Waals surface area contributed by atoms with E-state index in [0.29, 0.717) is 28.8 Å². The number of ether oxygens (including phenoxy) is 2. The number of amides is 1. The monoisotopic (exact) mass is 494 g/mol. The van der Waals surface area contributed by atoms with Crippen molar-refractivity contribution < 1.29 is 28.2 Å². The first-order valence-corrected chi connectivity index (χ1v) is 11.0. The summed E-state index contributed by atoms with van der Waals surface area (Å²) >= 11 is 0. The first-order valence-electron chi connectivity index (χ1n) is 11.0. The SMILES string of the molecule is COc1cc(OC)cc(-n2cc(C(=O)N(c3cc(F)cc(F)c3)C(C)C)c(=O)c3ccc(O)cc32)c1. The quantitative estimate of drug-likeness (QED) is 0.406. The lowest BCUT2D eigenvalue weighted by Crippen LogP contribution is -2.40. The lowest BCUT2D eigenvalue weighted by Gasteiger charge is -2.27.